The first-order chi connectivity index (χ1) is 15.5. The minimum Gasteiger partial charge on any atom is -0.231 e. The highest BCUT2D eigenvalue weighted by Gasteiger charge is 2.37. The van der Waals surface area contributed by atoms with Gasteiger partial charge in [-0.2, -0.15) is 8.42 Å². The lowest BCUT2D eigenvalue weighted by Gasteiger charge is -2.39. The summed E-state index contributed by atoms with van der Waals surface area (Å²) in [5, 5.41) is 0. The van der Waals surface area contributed by atoms with Crippen LogP contribution in [0.3, 0.4) is 0 Å². The molecule has 0 aliphatic heterocycles. The van der Waals surface area contributed by atoms with Crippen LogP contribution in [0.15, 0.2) is 140 Å². The van der Waals surface area contributed by atoms with Crippen molar-refractivity contribution in [2.24, 2.45) is 0 Å². The largest absolute Gasteiger partial charge is 0.307 e. The van der Waals surface area contributed by atoms with E-state index in [0.29, 0.717) is 14.7 Å². The Kier molecular flexibility index (Phi) is 7.01. The monoisotopic (exact) mass is 484 g/mol. The van der Waals surface area contributed by atoms with Crippen LogP contribution < -0.4 is 0 Å². The van der Waals surface area contributed by atoms with Crippen molar-refractivity contribution in [3.63, 3.8) is 0 Å². The maximum absolute atomic E-state index is 13.5. The molecule has 0 atom stereocenters. The average Bonchev–Trinajstić information content (AvgIpc) is 2.85. The predicted octanol–water partition coefficient (Wildman–Crippen LogP) is 7.31. The summed E-state index contributed by atoms with van der Waals surface area (Å²) in [6, 6.07) is 34.3. The number of halogens is 1. The second kappa shape index (κ2) is 9.92. The lowest BCUT2D eigenvalue weighted by Crippen LogP contribution is -2.15. The van der Waals surface area contributed by atoms with Crippen molar-refractivity contribution < 1.29 is 16.4 Å². The lowest BCUT2D eigenvalue weighted by molar-refractivity contribution is 0.467. The van der Waals surface area contributed by atoms with E-state index in [-0.39, 0.29) is 0 Å². The third kappa shape index (κ3) is 4.91. The molecule has 0 spiro atoms. The summed E-state index contributed by atoms with van der Waals surface area (Å²) in [4.78, 5) is 4.12. The molecular formula is C25H21FO3S3. The molecular weight excluding hydrogens is 463 g/mol. The van der Waals surface area contributed by atoms with Gasteiger partial charge in [-0.1, -0.05) is 66.4 Å². The maximum Gasteiger partial charge on any atom is 0.307 e. The Morgan fingerprint density at radius 3 is 1.47 bits per heavy atom. The number of benzene rings is 4. The van der Waals surface area contributed by atoms with Crippen LogP contribution in [0.2, 0.25) is 0 Å². The summed E-state index contributed by atoms with van der Waals surface area (Å²) < 4.78 is 44.1. The Bertz CT molecular complexity index is 1210. The van der Waals surface area contributed by atoms with Crippen molar-refractivity contribution >= 4 is 32.2 Å². The van der Waals surface area contributed by atoms with Crippen LogP contribution in [0.25, 0.3) is 0 Å². The molecule has 0 saturated carbocycles. The summed E-state index contributed by atoms with van der Waals surface area (Å²) in [5.41, 5.74) is 0. The molecule has 4 aromatic rings. The second-order valence-electron chi connectivity index (χ2n) is 6.80. The van der Waals surface area contributed by atoms with Crippen molar-refractivity contribution in [2.75, 3.05) is 6.01 Å². The Hall–Kier alpha value is -2.58. The van der Waals surface area contributed by atoms with Crippen LogP contribution in [0.1, 0.15) is 0 Å². The molecule has 4 aromatic carbocycles. The van der Waals surface area contributed by atoms with Gasteiger partial charge in [0.15, 0.2) is 0 Å². The van der Waals surface area contributed by atoms with Gasteiger partial charge in [-0.15, -0.1) is 0 Å². The molecule has 0 fully saturated rings. The molecule has 0 unspecified atom stereocenters. The van der Waals surface area contributed by atoms with E-state index in [2.05, 4.69) is 0 Å². The smallest absolute Gasteiger partial charge is 0.231 e. The van der Waals surface area contributed by atoms with Gasteiger partial charge >= 0.3 is 10.1 Å². The Morgan fingerprint density at radius 2 is 1.00 bits per heavy atom. The Labute approximate surface area is 193 Å². The topological polar surface area (TPSA) is 43.4 Å². The fourth-order valence-corrected chi connectivity index (χ4v) is 8.83. The van der Waals surface area contributed by atoms with Gasteiger partial charge in [0.25, 0.3) is 0 Å². The summed E-state index contributed by atoms with van der Waals surface area (Å²) in [5.74, 6) is 0. The SMILES string of the molecule is O=S(=O)(CF)OS(c1ccccc1)(c1ccccc1)c1ccc(Sc2ccccc2)cc1. The summed E-state index contributed by atoms with van der Waals surface area (Å²) >= 11 is 1.61. The standard InChI is InChI=1S/C25H21FO3S3/c26-20-31(27,28)29-32(23-12-6-2-7-13-23,24-14-8-3-9-15-24)25-18-16-22(17-19-25)30-21-10-4-1-5-11-21/h1-19H,20H2. The first-order valence-corrected chi connectivity index (χ1v) is 13.7. The van der Waals surface area contributed by atoms with Crippen molar-refractivity contribution in [1.29, 1.82) is 0 Å². The molecule has 0 radical (unpaired) electrons. The van der Waals surface area contributed by atoms with Crippen LogP contribution in [0.4, 0.5) is 4.39 Å². The lowest BCUT2D eigenvalue weighted by atomic mass is 10.3. The minimum atomic E-state index is -4.42. The molecule has 0 bridgehead atoms. The zero-order chi connectivity index (χ0) is 22.4. The summed E-state index contributed by atoms with van der Waals surface area (Å²) in [6.07, 6.45) is 0. The molecule has 0 aliphatic carbocycles. The second-order valence-corrected chi connectivity index (χ2v) is 12.4. The van der Waals surface area contributed by atoms with Crippen LogP contribution >= 0.6 is 22.1 Å². The molecule has 32 heavy (non-hydrogen) atoms. The number of rotatable bonds is 8. The molecule has 0 saturated heterocycles. The highest BCUT2D eigenvalue weighted by molar-refractivity contribution is 8.33. The molecule has 4 rings (SSSR count). The zero-order valence-electron chi connectivity index (χ0n) is 17.0. The summed E-state index contributed by atoms with van der Waals surface area (Å²) in [6.45, 7) is 0. The van der Waals surface area contributed by atoms with E-state index in [0.717, 1.165) is 9.79 Å². The number of alkyl halides is 1. The molecule has 0 amide bonds. The molecule has 0 aromatic heterocycles. The normalized spacial score (nSPS) is 12.4. The van der Waals surface area contributed by atoms with E-state index < -0.39 is 26.4 Å². The molecule has 0 heterocycles. The molecule has 0 N–H and O–H groups in total. The summed E-state index contributed by atoms with van der Waals surface area (Å²) in [7, 11) is -7.14. The molecule has 3 nitrogen and oxygen atoms in total. The Balaban J connectivity index is 1.87. The minimum absolute atomic E-state index is 0.671. The molecule has 7 heteroatoms. The van der Waals surface area contributed by atoms with Gasteiger partial charge in [0, 0.05) is 24.5 Å². The van der Waals surface area contributed by atoms with E-state index in [4.69, 9.17) is 3.63 Å². The predicted molar refractivity (Wildman–Crippen MR) is 128 cm³/mol. The maximum atomic E-state index is 13.5. The van der Waals surface area contributed by atoms with E-state index in [1.807, 2.05) is 115 Å². The van der Waals surface area contributed by atoms with E-state index in [9.17, 15) is 12.8 Å². The number of hydrogen-bond donors (Lipinski definition) is 0. The van der Waals surface area contributed by atoms with Crippen molar-refractivity contribution in [3.05, 3.63) is 115 Å². The number of hydrogen-bond acceptors (Lipinski definition) is 4. The third-order valence-electron chi connectivity index (χ3n) is 4.62. The zero-order valence-corrected chi connectivity index (χ0v) is 19.5. The van der Waals surface area contributed by atoms with Gasteiger partial charge in [0.05, 0.1) is 0 Å². The van der Waals surface area contributed by atoms with Crippen LogP contribution in [0, 0.1) is 0 Å². The Morgan fingerprint density at radius 1 is 0.594 bits per heavy atom. The average molecular weight is 485 g/mol. The van der Waals surface area contributed by atoms with Crippen LogP contribution in [-0.4, -0.2) is 14.4 Å². The van der Waals surface area contributed by atoms with Gasteiger partial charge < -0.3 is 0 Å². The van der Waals surface area contributed by atoms with Crippen LogP contribution in [0.5, 0.6) is 0 Å². The van der Waals surface area contributed by atoms with E-state index >= 15 is 0 Å². The quantitative estimate of drug-likeness (QED) is 0.263. The molecule has 164 valence electrons. The van der Waals surface area contributed by atoms with Gasteiger partial charge in [-0.05, 0) is 71.0 Å². The van der Waals surface area contributed by atoms with Gasteiger partial charge in [0.2, 0.25) is 6.01 Å². The van der Waals surface area contributed by atoms with Crippen LogP contribution in [-0.2, 0) is 13.7 Å². The highest BCUT2D eigenvalue weighted by Crippen LogP contribution is 2.70. The first kappa shape index (κ1) is 22.6. The van der Waals surface area contributed by atoms with Gasteiger partial charge in [-0.3, -0.25) is 0 Å². The van der Waals surface area contributed by atoms with Crippen molar-refractivity contribution in [2.45, 2.75) is 24.5 Å². The van der Waals surface area contributed by atoms with Crippen molar-refractivity contribution in [1.82, 2.24) is 0 Å². The first-order valence-electron chi connectivity index (χ1n) is 9.80. The highest BCUT2D eigenvalue weighted by atomic mass is 32.3. The fourth-order valence-electron chi connectivity index (χ4n) is 3.25. The molecule has 0 aliphatic rings. The third-order valence-corrected chi connectivity index (χ3v) is 10.4. The van der Waals surface area contributed by atoms with E-state index in [1.54, 1.807) is 11.8 Å². The van der Waals surface area contributed by atoms with Crippen molar-refractivity contribution in [3.8, 4) is 0 Å². The van der Waals surface area contributed by atoms with Gasteiger partial charge in [0.1, 0.15) is 0 Å². The fraction of sp³-hybridized carbons (Fsp3) is 0.0400. The van der Waals surface area contributed by atoms with E-state index in [1.165, 1.54) is 0 Å². The van der Waals surface area contributed by atoms with Gasteiger partial charge in [-0.25, -0.2) is 8.02 Å².